The summed E-state index contributed by atoms with van der Waals surface area (Å²) in [6.45, 7) is 6.26. The van der Waals surface area contributed by atoms with Crippen LogP contribution in [0.2, 0.25) is 0 Å². The summed E-state index contributed by atoms with van der Waals surface area (Å²) < 4.78 is 28.7. The van der Waals surface area contributed by atoms with Gasteiger partial charge in [0.1, 0.15) is 6.42 Å². The monoisotopic (exact) mass is 503 g/mol. The molecule has 2 aromatic rings. The maximum absolute atomic E-state index is 12.7. The number of aliphatic carboxylic acids is 2. The minimum absolute atomic E-state index is 0.0944. The number of fused-ring (bicyclic) bond motifs is 1. The van der Waals surface area contributed by atoms with Crippen LogP contribution in [0.1, 0.15) is 18.9 Å². The van der Waals surface area contributed by atoms with Crippen molar-refractivity contribution in [3.8, 4) is 11.5 Å². The molecule has 0 aromatic heterocycles. The molecule has 0 spiro atoms. The van der Waals surface area contributed by atoms with Crippen LogP contribution in [-0.4, -0.2) is 78.8 Å². The van der Waals surface area contributed by atoms with Gasteiger partial charge in [0, 0.05) is 25.2 Å². The zero-order chi connectivity index (χ0) is 26.0. The molecule has 11 nitrogen and oxygen atoms in total. The van der Waals surface area contributed by atoms with E-state index in [1.54, 1.807) is 6.92 Å². The summed E-state index contributed by atoms with van der Waals surface area (Å²) in [7, 11) is 0. The van der Waals surface area contributed by atoms with Crippen LogP contribution in [0.25, 0.3) is 0 Å². The molecule has 4 rings (SSSR count). The van der Waals surface area contributed by atoms with Gasteiger partial charge >= 0.3 is 17.9 Å². The average molecular weight is 504 g/mol. The van der Waals surface area contributed by atoms with Crippen molar-refractivity contribution in [1.29, 1.82) is 0 Å². The number of carboxylic acids is 2. The molecule has 36 heavy (non-hydrogen) atoms. The highest BCUT2D eigenvalue weighted by atomic mass is 16.7. The van der Waals surface area contributed by atoms with Crippen LogP contribution in [-0.2, 0) is 34.4 Å². The molecular weight excluding hydrogens is 474 g/mol. The molecule has 2 aliphatic rings. The molecule has 11 heteroatoms. The molecule has 0 saturated carbocycles. The fourth-order valence-electron chi connectivity index (χ4n) is 3.60. The van der Waals surface area contributed by atoms with Gasteiger partial charge in [-0.2, -0.15) is 0 Å². The van der Waals surface area contributed by atoms with E-state index in [0.717, 1.165) is 38.4 Å². The number of carboxylic acid groups (broad SMARTS) is 2. The van der Waals surface area contributed by atoms with Crippen LogP contribution in [0.5, 0.6) is 11.5 Å². The molecule has 1 fully saturated rings. The van der Waals surface area contributed by atoms with E-state index in [4.69, 9.17) is 43.5 Å². The number of ether oxygens (including phenoxy) is 5. The fraction of sp³-hybridized carbons (Fsp3) is 0.400. The summed E-state index contributed by atoms with van der Waals surface area (Å²) in [6, 6.07) is 16.8. The summed E-state index contributed by atoms with van der Waals surface area (Å²) in [5, 5.41) is 14.8. The maximum Gasteiger partial charge on any atom is 0.414 e. The normalized spacial score (nSPS) is 16.8. The zero-order valence-electron chi connectivity index (χ0n) is 19.8. The SMILES string of the molecule is CC(OCCN1CCOCC1)OC(=O)CC1(c2ccccc2)Oc2ccccc2O1.O=C(O)C(=O)O. The van der Waals surface area contributed by atoms with Gasteiger partial charge < -0.3 is 33.9 Å². The van der Waals surface area contributed by atoms with Gasteiger partial charge in [-0.15, -0.1) is 0 Å². The van der Waals surface area contributed by atoms with E-state index in [2.05, 4.69) is 4.90 Å². The Balaban J connectivity index is 0.000000538. The summed E-state index contributed by atoms with van der Waals surface area (Å²) in [5.41, 5.74) is 0.749. The average Bonchev–Trinajstić information content (AvgIpc) is 3.24. The minimum Gasteiger partial charge on any atom is -0.473 e. The number of esters is 1. The van der Waals surface area contributed by atoms with Crippen molar-refractivity contribution in [2.75, 3.05) is 39.5 Å². The number of rotatable bonds is 8. The second-order valence-corrected chi connectivity index (χ2v) is 7.94. The van der Waals surface area contributed by atoms with Gasteiger partial charge in [0.25, 0.3) is 5.79 Å². The Hall–Kier alpha value is -3.67. The van der Waals surface area contributed by atoms with E-state index in [0.29, 0.717) is 18.1 Å². The summed E-state index contributed by atoms with van der Waals surface area (Å²) in [6.07, 6.45) is -0.752. The van der Waals surface area contributed by atoms with Crippen molar-refractivity contribution in [1.82, 2.24) is 4.90 Å². The third kappa shape index (κ3) is 7.67. The highest BCUT2D eigenvalue weighted by molar-refractivity contribution is 6.27. The van der Waals surface area contributed by atoms with Gasteiger partial charge in [-0.25, -0.2) is 9.59 Å². The molecule has 2 heterocycles. The number of hydrogen-bond acceptors (Lipinski definition) is 9. The van der Waals surface area contributed by atoms with Crippen molar-refractivity contribution in [2.45, 2.75) is 25.4 Å². The Morgan fingerprint density at radius 2 is 1.50 bits per heavy atom. The molecule has 2 N–H and O–H groups in total. The highest BCUT2D eigenvalue weighted by Gasteiger charge is 2.46. The number of carbonyl (C=O) groups excluding carboxylic acids is 1. The van der Waals surface area contributed by atoms with Gasteiger partial charge in [-0.3, -0.25) is 9.69 Å². The number of nitrogens with zero attached hydrogens (tertiary/aromatic N) is 1. The Labute approximate surface area is 208 Å². The van der Waals surface area contributed by atoms with Crippen LogP contribution < -0.4 is 9.47 Å². The van der Waals surface area contributed by atoms with Gasteiger partial charge in [0.05, 0.1) is 19.8 Å². The van der Waals surface area contributed by atoms with Gasteiger partial charge in [-0.05, 0) is 19.1 Å². The first-order valence-corrected chi connectivity index (χ1v) is 11.4. The van der Waals surface area contributed by atoms with Crippen LogP contribution >= 0.6 is 0 Å². The molecule has 1 unspecified atom stereocenters. The van der Waals surface area contributed by atoms with E-state index in [-0.39, 0.29) is 6.42 Å². The number of carbonyl (C=O) groups is 3. The first-order chi connectivity index (χ1) is 17.3. The van der Waals surface area contributed by atoms with E-state index in [1.807, 2.05) is 54.6 Å². The highest BCUT2D eigenvalue weighted by Crippen LogP contribution is 2.45. The Morgan fingerprint density at radius 3 is 2.06 bits per heavy atom. The lowest BCUT2D eigenvalue weighted by Gasteiger charge is -2.28. The molecule has 0 bridgehead atoms. The van der Waals surface area contributed by atoms with E-state index >= 15 is 0 Å². The summed E-state index contributed by atoms with van der Waals surface area (Å²) in [5.74, 6) is -4.15. The molecule has 2 aromatic carbocycles. The molecule has 1 saturated heterocycles. The van der Waals surface area contributed by atoms with Gasteiger partial charge in [0.2, 0.25) is 0 Å². The van der Waals surface area contributed by atoms with E-state index in [1.165, 1.54) is 0 Å². The zero-order valence-corrected chi connectivity index (χ0v) is 19.8. The molecule has 0 radical (unpaired) electrons. The van der Waals surface area contributed by atoms with E-state index in [9.17, 15) is 4.79 Å². The fourth-order valence-corrected chi connectivity index (χ4v) is 3.60. The maximum atomic E-state index is 12.7. The van der Waals surface area contributed by atoms with Crippen molar-refractivity contribution < 1.29 is 48.3 Å². The summed E-state index contributed by atoms with van der Waals surface area (Å²) >= 11 is 0. The first kappa shape index (κ1) is 26.9. The number of para-hydroxylation sites is 2. The minimum atomic E-state index is -1.82. The topological polar surface area (TPSA) is 141 Å². The lowest BCUT2D eigenvalue weighted by atomic mass is 10.0. The molecule has 194 valence electrons. The second kappa shape index (κ2) is 12.9. The predicted molar refractivity (Wildman–Crippen MR) is 124 cm³/mol. The lowest BCUT2D eigenvalue weighted by Crippen LogP contribution is -2.40. The Bertz CT molecular complexity index is 986. The predicted octanol–water partition coefficient (Wildman–Crippen LogP) is 2.09. The molecule has 2 aliphatic heterocycles. The van der Waals surface area contributed by atoms with Crippen LogP contribution in [0.15, 0.2) is 54.6 Å². The Morgan fingerprint density at radius 1 is 0.944 bits per heavy atom. The largest absolute Gasteiger partial charge is 0.473 e. The van der Waals surface area contributed by atoms with Crippen LogP contribution in [0.4, 0.5) is 0 Å². The standard InChI is InChI=1S/C23H27NO6.C2H2O4/c1-18(27-16-13-24-11-14-26-15-12-24)28-22(25)17-23(19-7-3-2-4-8-19)29-20-9-5-6-10-21(20)30-23;3-1(4)2(5)6/h2-10,18H,11-17H2,1H3;(H,3,4)(H,5,6). The van der Waals surface area contributed by atoms with Crippen LogP contribution in [0.3, 0.4) is 0 Å². The number of morpholine rings is 1. The lowest BCUT2D eigenvalue weighted by molar-refractivity contribution is -0.187. The first-order valence-electron chi connectivity index (χ1n) is 11.4. The third-order valence-electron chi connectivity index (χ3n) is 5.33. The van der Waals surface area contributed by atoms with E-state index < -0.39 is 30.0 Å². The smallest absolute Gasteiger partial charge is 0.414 e. The van der Waals surface area contributed by atoms with Crippen molar-refractivity contribution in [3.05, 3.63) is 60.2 Å². The van der Waals surface area contributed by atoms with Crippen molar-refractivity contribution in [3.63, 3.8) is 0 Å². The third-order valence-corrected chi connectivity index (χ3v) is 5.33. The molecule has 0 amide bonds. The van der Waals surface area contributed by atoms with Gasteiger partial charge in [0.15, 0.2) is 17.8 Å². The van der Waals surface area contributed by atoms with Gasteiger partial charge in [-0.1, -0.05) is 42.5 Å². The Kier molecular flexibility index (Phi) is 9.62. The second-order valence-electron chi connectivity index (χ2n) is 7.94. The molecule has 1 atom stereocenters. The summed E-state index contributed by atoms with van der Waals surface area (Å²) in [4.78, 5) is 33.2. The number of hydrogen-bond donors (Lipinski definition) is 2. The van der Waals surface area contributed by atoms with Crippen molar-refractivity contribution in [2.24, 2.45) is 0 Å². The number of benzene rings is 2. The van der Waals surface area contributed by atoms with Crippen LogP contribution in [0, 0.1) is 0 Å². The molecular formula is C25H29NO10. The van der Waals surface area contributed by atoms with Crippen molar-refractivity contribution >= 4 is 17.9 Å². The molecule has 0 aliphatic carbocycles. The quantitative estimate of drug-likeness (QED) is 0.311.